The number of benzene rings is 3. The summed E-state index contributed by atoms with van der Waals surface area (Å²) in [6.07, 6.45) is 0. The zero-order valence-electron chi connectivity index (χ0n) is 14.8. The van der Waals surface area contributed by atoms with Crippen molar-refractivity contribution in [3.8, 4) is 11.5 Å². The van der Waals surface area contributed by atoms with Crippen LogP contribution >= 0.6 is 0 Å². The smallest absolute Gasteiger partial charge is 0.254 e. The highest BCUT2D eigenvalue weighted by Crippen LogP contribution is 2.31. The van der Waals surface area contributed by atoms with Crippen LogP contribution in [0.5, 0.6) is 11.5 Å². The van der Waals surface area contributed by atoms with Crippen molar-refractivity contribution in [1.29, 1.82) is 0 Å². The highest BCUT2D eigenvalue weighted by molar-refractivity contribution is 5.98. The van der Waals surface area contributed by atoms with Crippen molar-refractivity contribution in [2.24, 2.45) is 0 Å². The number of ether oxygens (including phenoxy) is 2. The summed E-state index contributed by atoms with van der Waals surface area (Å²) in [4.78, 5) is 14.8. The number of rotatable bonds is 4. The van der Waals surface area contributed by atoms with Crippen LogP contribution in [0.2, 0.25) is 0 Å². The fraction of sp³-hybridized carbons (Fsp3) is 0.227. The number of fused-ring (bicyclic) bond motifs is 2. The van der Waals surface area contributed by atoms with Crippen molar-refractivity contribution in [1.82, 2.24) is 4.90 Å². The van der Waals surface area contributed by atoms with Crippen LogP contribution in [-0.4, -0.2) is 30.6 Å². The quantitative estimate of drug-likeness (QED) is 0.707. The summed E-state index contributed by atoms with van der Waals surface area (Å²) in [5, 5.41) is 2.22. The van der Waals surface area contributed by atoms with Crippen LogP contribution in [0.1, 0.15) is 22.8 Å². The fourth-order valence-corrected chi connectivity index (χ4v) is 3.24. The topological polar surface area (TPSA) is 38.8 Å². The first kappa shape index (κ1) is 16.5. The predicted molar refractivity (Wildman–Crippen MR) is 102 cm³/mol. The molecule has 132 valence electrons. The molecular weight excluding hydrogens is 326 g/mol. The minimum Gasteiger partial charge on any atom is -0.486 e. The van der Waals surface area contributed by atoms with Gasteiger partial charge in [0.2, 0.25) is 0 Å². The van der Waals surface area contributed by atoms with E-state index in [9.17, 15) is 4.79 Å². The van der Waals surface area contributed by atoms with Gasteiger partial charge in [0.25, 0.3) is 5.91 Å². The lowest BCUT2D eigenvalue weighted by molar-refractivity contribution is 0.0752. The summed E-state index contributed by atoms with van der Waals surface area (Å²) in [6, 6.07) is 19.8. The molecule has 0 saturated heterocycles. The molecule has 0 radical (unpaired) electrons. The van der Waals surface area contributed by atoms with Crippen molar-refractivity contribution in [3.05, 3.63) is 71.8 Å². The van der Waals surface area contributed by atoms with Gasteiger partial charge in [-0.25, -0.2) is 0 Å². The molecule has 0 spiro atoms. The van der Waals surface area contributed by atoms with Gasteiger partial charge in [-0.15, -0.1) is 0 Å². The number of amides is 1. The summed E-state index contributed by atoms with van der Waals surface area (Å²) in [6.45, 7) is 4.31. The van der Waals surface area contributed by atoms with Crippen LogP contribution in [0.15, 0.2) is 60.7 Å². The highest BCUT2D eigenvalue weighted by Gasteiger charge is 2.17. The van der Waals surface area contributed by atoms with E-state index < -0.39 is 0 Å². The first-order valence-electron chi connectivity index (χ1n) is 8.91. The number of carbonyl (C=O) groups is 1. The Bertz CT molecular complexity index is 951. The number of hydrogen-bond donors (Lipinski definition) is 0. The third-order valence-corrected chi connectivity index (χ3v) is 4.65. The third-order valence-electron chi connectivity index (χ3n) is 4.65. The van der Waals surface area contributed by atoms with E-state index in [1.54, 1.807) is 0 Å². The lowest BCUT2D eigenvalue weighted by atomic mass is 10.1. The first-order valence-corrected chi connectivity index (χ1v) is 8.91. The summed E-state index contributed by atoms with van der Waals surface area (Å²) in [7, 11) is 0. The molecule has 0 fully saturated rings. The zero-order chi connectivity index (χ0) is 17.9. The molecule has 0 N–H and O–H groups in total. The Kier molecular flexibility index (Phi) is 4.48. The van der Waals surface area contributed by atoms with E-state index in [-0.39, 0.29) is 5.91 Å². The first-order chi connectivity index (χ1) is 12.7. The van der Waals surface area contributed by atoms with Gasteiger partial charge in [-0.05, 0) is 47.5 Å². The van der Waals surface area contributed by atoms with E-state index in [4.69, 9.17) is 9.47 Å². The molecule has 4 nitrogen and oxygen atoms in total. The van der Waals surface area contributed by atoms with Gasteiger partial charge in [-0.3, -0.25) is 4.79 Å². The minimum atomic E-state index is 0.0353. The van der Waals surface area contributed by atoms with Crippen LogP contribution < -0.4 is 9.47 Å². The molecule has 3 aromatic carbocycles. The Morgan fingerprint density at radius 1 is 0.923 bits per heavy atom. The molecule has 1 aliphatic rings. The normalized spacial score (nSPS) is 12.8. The molecule has 0 saturated carbocycles. The molecular formula is C22H21NO3. The molecule has 0 bridgehead atoms. The SMILES string of the molecule is CCN(Cc1ccc2c(c1)OCCO2)C(=O)c1ccc2ccccc2c1. The third kappa shape index (κ3) is 3.23. The number of hydrogen-bond acceptors (Lipinski definition) is 3. The lowest BCUT2D eigenvalue weighted by Crippen LogP contribution is -2.30. The van der Waals surface area contributed by atoms with Gasteiger partial charge in [0, 0.05) is 18.7 Å². The standard InChI is InChI=1S/C22H21NO3/c1-2-23(15-16-7-10-20-21(13-16)26-12-11-25-20)22(24)19-9-8-17-5-3-4-6-18(17)14-19/h3-10,13-14H,2,11-12,15H2,1H3. The maximum absolute atomic E-state index is 13.0. The Morgan fingerprint density at radius 3 is 2.50 bits per heavy atom. The van der Waals surface area contributed by atoms with Crippen molar-refractivity contribution in [3.63, 3.8) is 0 Å². The van der Waals surface area contributed by atoms with E-state index in [1.807, 2.05) is 66.4 Å². The van der Waals surface area contributed by atoms with Crippen LogP contribution in [-0.2, 0) is 6.54 Å². The van der Waals surface area contributed by atoms with Crippen LogP contribution in [0.4, 0.5) is 0 Å². The zero-order valence-corrected chi connectivity index (χ0v) is 14.8. The average Bonchev–Trinajstić information content (AvgIpc) is 2.71. The fourth-order valence-electron chi connectivity index (χ4n) is 3.24. The molecule has 26 heavy (non-hydrogen) atoms. The van der Waals surface area contributed by atoms with E-state index in [0.717, 1.165) is 27.8 Å². The second-order valence-corrected chi connectivity index (χ2v) is 6.36. The molecule has 1 heterocycles. The van der Waals surface area contributed by atoms with Crippen LogP contribution in [0.25, 0.3) is 10.8 Å². The van der Waals surface area contributed by atoms with Gasteiger partial charge in [0.15, 0.2) is 11.5 Å². The molecule has 0 aromatic heterocycles. The second-order valence-electron chi connectivity index (χ2n) is 6.36. The van der Waals surface area contributed by atoms with Gasteiger partial charge in [0.05, 0.1) is 0 Å². The largest absolute Gasteiger partial charge is 0.486 e. The highest BCUT2D eigenvalue weighted by atomic mass is 16.6. The van der Waals surface area contributed by atoms with Gasteiger partial charge in [0.1, 0.15) is 13.2 Å². The summed E-state index contributed by atoms with van der Waals surface area (Å²) < 4.78 is 11.2. The van der Waals surface area contributed by atoms with Gasteiger partial charge < -0.3 is 14.4 Å². The monoisotopic (exact) mass is 347 g/mol. The maximum Gasteiger partial charge on any atom is 0.254 e. The minimum absolute atomic E-state index is 0.0353. The number of nitrogens with zero attached hydrogens (tertiary/aromatic N) is 1. The molecule has 4 rings (SSSR count). The van der Waals surface area contributed by atoms with Crippen molar-refractivity contribution < 1.29 is 14.3 Å². The molecule has 0 unspecified atom stereocenters. The van der Waals surface area contributed by atoms with Gasteiger partial charge in [-0.1, -0.05) is 36.4 Å². The Morgan fingerprint density at radius 2 is 1.69 bits per heavy atom. The molecule has 1 amide bonds. The van der Waals surface area contributed by atoms with Gasteiger partial charge in [-0.2, -0.15) is 0 Å². The molecule has 1 aliphatic heterocycles. The summed E-state index contributed by atoms with van der Waals surface area (Å²) in [5.41, 5.74) is 1.74. The average molecular weight is 347 g/mol. The summed E-state index contributed by atoms with van der Waals surface area (Å²) in [5.74, 6) is 1.56. The Hall–Kier alpha value is -3.01. The second kappa shape index (κ2) is 7.08. The van der Waals surface area contributed by atoms with E-state index in [0.29, 0.717) is 31.9 Å². The molecule has 4 heteroatoms. The summed E-state index contributed by atoms with van der Waals surface area (Å²) >= 11 is 0. The van der Waals surface area contributed by atoms with Crippen molar-refractivity contribution >= 4 is 16.7 Å². The Labute approximate surface area is 153 Å². The van der Waals surface area contributed by atoms with Crippen LogP contribution in [0.3, 0.4) is 0 Å². The van der Waals surface area contributed by atoms with Crippen LogP contribution in [0, 0.1) is 0 Å². The van der Waals surface area contributed by atoms with Crippen molar-refractivity contribution in [2.75, 3.05) is 19.8 Å². The van der Waals surface area contributed by atoms with Crippen molar-refractivity contribution in [2.45, 2.75) is 13.5 Å². The van der Waals surface area contributed by atoms with E-state index in [2.05, 4.69) is 6.07 Å². The molecule has 0 aliphatic carbocycles. The number of carbonyl (C=O) groups excluding carboxylic acids is 1. The van der Waals surface area contributed by atoms with E-state index in [1.165, 1.54) is 0 Å². The predicted octanol–water partition coefficient (Wildman–Crippen LogP) is 4.27. The molecule has 0 atom stereocenters. The molecule has 3 aromatic rings. The maximum atomic E-state index is 13.0. The lowest BCUT2D eigenvalue weighted by Gasteiger charge is -2.23. The van der Waals surface area contributed by atoms with E-state index >= 15 is 0 Å². The Balaban J connectivity index is 1.56. The van der Waals surface area contributed by atoms with Gasteiger partial charge >= 0.3 is 0 Å².